The molecule has 3 rings (SSSR count). The van der Waals surface area contributed by atoms with Gasteiger partial charge in [-0.2, -0.15) is 13.7 Å². The monoisotopic (exact) mass is 642 g/mol. The minimum Gasteiger partial charge on any atom is -0.490 e. The van der Waals surface area contributed by atoms with E-state index in [0.717, 1.165) is 0 Å². The Morgan fingerprint density at radius 3 is 2.51 bits per heavy atom. The molecule has 0 unspecified atom stereocenters. The standard InChI is InChI=1S/C24H17Cl2IN2O5S/c1-2-33-21-13-15(11-16(14-28)24(30)29-20-10-6-9-18(25)22(20)26)12-19(27)23(21)34-35(31,32)17-7-4-3-5-8-17/h3-13H,2H2,1H3,(H,29,30)/b16-11+. The number of halogens is 3. The van der Waals surface area contributed by atoms with Gasteiger partial charge in [0.05, 0.1) is 25.9 Å². The number of carbonyl (C=O) groups is 1. The van der Waals surface area contributed by atoms with E-state index in [1.807, 2.05) is 28.7 Å². The van der Waals surface area contributed by atoms with Gasteiger partial charge in [0.1, 0.15) is 16.5 Å². The molecule has 0 saturated carbocycles. The number of benzene rings is 3. The van der Waals surface area contributed by atoms with E-state index < -0.39 is 16.0 Å². The predicted octanol–water partition coefficient (Wildman–Crippen LogP) is 6.31. The molecule has 0 spiro atoms. The zero-order chi connectivity index (χ0) is 25.6. The minimum absolute atomic E-state index is 0.00196. The summed E-state index contributed by atoms with van der Waals surface area (Å²) in [7, 11) is -4.11. The third-order valence-electron chi connectivity index (χ3n) is 4.43. The Morgan fingerprint density at radius 1 is 1.14 bits per heavy atom. The van der Waals surface area contributed by atoms with Gasteiger partial charge in [0.2, 0.25) is 0 Å². The summed E-state index contributed by atoms with van der Waals surface area (Å²) in [6.45, 7) is 1.96. The van der Waals surface area contributed by atoms with Crippen molar-refractivity contribution in [3.8, 4) is 17.6 Å². The van der Waals surface area contributed by atoms with E-state index >= 15 is 0 Å². The molecule has 0 aliphatic heterocycles. The molecular formula is C24H17Cl2IN2O5S. The molecule has 0 saturated heterocycles. The van der Waals surface area contributed by atoms with Gasteiger partial charge in [-0.15, -0.1) is 0 Å². The van der Waals surface area contributed by atoms with E-state index in [4.69, 9.17) is 32.1 Å². The number of anilines is 1. The van der Waals surface area contributed by atoms with Gasteiger partial charge >= 0.3 is 10.1 Å². The first-order valence-electron chi connectivity index (χ1n) is 9.99. The second-order valence-electron chi connectivity index (χ2n) is 6.84. The largest absolute Gasteiger partial charge is 0.490 e. The highest BCUT2D eigenvalue weighted by molar-refractivity contribution is 14.1. The SMILES string of the molecule is CCOc1cc(/C=C(\C#N)C(=O)Nc2cccc(Cl)c2Cl)cc(I)c1OS(=O)(=O)c1ccccc1. The van der Waals surface area contributed by atoms with Crippen LogP contribution < -0.4 is 14.2 Å². The first kappa shape index (κ1) is 26.8. The van der Waals surface area contributed by atoms with Crippen molar-refractivity contribution in [1.82, 2.24) is 0 Å². The van der Waals surface area contributed by atoms with Crippen molar-refractivity contribution >= 4 is 73.6 Å². The van der Waals surface area contributed by atoms with Crippen LogP contribution in [0.2, 0.25) is 10.0 Å². The quantitative estimate of drug-likeness (QED) is 0.134. The zero-order valence-corrected chi connectivity index (χ0v) is 22.6. The number of nitrogens with one attached hydrogen (secondary N) is 1. The van der Waals surface area contributed by atoms with Crippen molar-refractivity contribution in [1.29, 1.82) is 5.26 Å². The maximum atomic E-state index is 12.7. The van der Waals surface area contributed by atoms with E-state index in [1.54, 1.807) is 49.4 Å². The van der Waals surface area contributed by atoms with E-state index in [0.29, 0.717) is 9.13 Å². The summed E-state index contributed by atoms with van der Waals surface area (Å²) in [5.41, 5.74) is 0.459. The summed E-state index contributed by atoms with van der Waals surface area (Å²) in [4.78, 5) is 12.7. The molecule has 0 heterocycles. The summed E-state index contributed by atoms with van der Waals surface area (Å²) in [5.74, 6) is -0.556. The van der Waals surface area contributed by atoms with Gasteiger partial charge in [-0.1, -0.05) is 47.5 Å². The fourth-order valence-corrected chi connectivity index (χ4v) is 5.08. The van der Waals surface area contributed by atoms with Crippen LogP contribution in [0.4, 0.5) is 5.69 Å². The molecule has 0 aliphatic rings. The van der Waals surface area contributed by atoms with Crippen molar-refractivity contribution in [2.45, 2.75) is 11.8 Å². The van der Waals surface area contributed by atoms with Crippen molar-refractivity contribution in [2.75, 3.05) is 11.9 Å². The van der Waals surface area contributed by atoms with Gasteiger partial charge in [-0.05, 0) is 77.6 Å². The van der Waals surface area contributed by atoms with Crippen LogP contribution >= 0.6 is 45.8 Å². The second-order valence-corrected chi connectivity index (χ2v) is 10.3. The molecule has 1 N–H and O–H groups in total. The Morgan fingerprint density at radius 2 is 1.86 bits per heavy atom. The molecule has 3 aromatic rings. The fourth-order valence-electron chi connectivity index (χ4n) is 2.87. The lowest BCUT2D eigenvalue weighted by Gasteiger charge is -2.15. The lowest BCUT2D eigenvalue weighted by atomic mass is 10.1. The highest BCUT2D eigenvalue weighted by Gasteiger charge is 2.22. The average Bonchev–Trinajstić information content (AvgIpc) is 2.83. The molecule has 11 heteroatoms. The number of rotatable bonds is 8. The number of hydrogen-bond donors (Lipinski definition) is 1. The molecule has 0 aromatic heterocycles. The van der Waals surface area contributed by atoms with Gasteiger partial charge in [0.15, 0.2) is 11.5 Å². The molecule has 0 bridgehead atoms. The van der Waals surface area contributed by atoms with Crippen LogP contribution in [0.3, 0.4) is 0 Å². The minimum atomic E-state index is -4.11. The Labute approximate surface area is 226 Å². The van der Waals surface area contributed by atoms with Crippen LogP contribution in [0, 0.1) is 14.9 Å². The van der Waals surface area contributed by atoms with Crippen molar-refractivity contribution in [3.63, 3.8) is 0 Å². The van der Waals surface area contributed by atoms with Crippen LogP contribution in [-0.4, -0.2) is 20.9 Å². The van der Waals surface area contributed by atoms with E-state index in [9.17, 15) is 18.5 Å². The molecule has 3 aromatic carbocycles. The molecule has 35 heavy (non-hydrogen) atoms. The Balaban J connectivity index is 1.95. The van der Waals surface area contributed by atoms with Crippen LogP contribution in [0.15, 0.2) is 71.1 Å². The lowest BCUT2D eigenvalue weighted by Crippen LogP contribution is -2.14. The molecule has 180 valence electrons. The molecule has 1 amide bonds. The summed E-state index contributed by atoms with van der Waals surface area (Å²) >= 11 is 14.0. The van der Waals surface area contributed by atoms with Crippen LogP contribution in [0.1, 0.15) is 12.5 Å². The number of amides is 1. The van der Waals surface area contributed by atoms with Gasteiger partial charge < -0.3 is 14.2 Å². The first-order valence-corrected chi connectivity index (χ1v) is 13.2. The van der Waals surface area contributed by atoms with Crippen LogP contribution in [0.5, 0.6) is 11.5 Å². The second kappa shape index (κ2) is 11.8. The van der Waals surface area contributed by atoms with Crippen molar-refractivity contribution in [3.05, 3.63) is 85.4 Å². The Hall–Kier alpha value is -2.78. The summed E-state index contributed by atoms with van der Waals surface area (Å²) in [6, 6.07) is 17.3. The van der Waals surface area contributed by atoms with Crippen LogP contribution in [0.25, 0.3) is 6.08 Å². The van der Waals surface area contributed by atoms with E-state index in [1.165, 1.54) is 24.3 Å². The topological polar surface area (TPSA) is 105 Å². The zero-order valence-electron chi connectivity index (χ0n) is 18.1. The molecule has 0 fully saturated rings. The fraction of sp³-hybridized carbons (Fsp3) is 0.0833. The number of ether oxygens (including phenoxy) is 1. The molecule has 0 atom stereocenters. The predicted molar refractivity (Wildman–Crippen MR) is 143 cm³/mol. The van der Waals surface area contributed by atoms with Gasteiger partial charge in [-0.25, -0.2) is 0 Å². The third-order valence-corrected chi connectivity index (χ3v) is 7.29. The summed E-state index contributed by atoms with van der Waals surface area (Å²) < 4.78 is 36.8. The van der Waals surface area contributed by atoms with Crippen LogP contribution in [-0.2, 0) is 14.9 Å². The summed E-state index contributed by atoms with van der Waals surface area (Å²) in [5, 5.41) is 12.5. The van der Waals surface area contributed by atoms with Gasteiger partial charge in [-0.3, -0.25) is 4.79 Å². The third kappa shape index (κ3) is 6.67. The van der Waals surface area contributed by atoms with Crippen molar-refractivity contribution < 1.29 is 22.1 Å². The highest BCUT2D eigenvalue weighted by Crippen LogP contribution is 2.37. The number of nitriles is 1. The maximum Gasteiger partial charge on any atom is 0.339 e. The highest BCUT2D eigenvalue weighted by atomic mass is 127. The molecular weight excluding hydrogens is 626 g/mol. The summed E-state index contributed by atoms with van der Waals surface area (Å²) in [6.07, 6.45) is 1.34. The average molecular weight is 643 g/mol. The smallest absolute Gasteiger partial charge is 0.339 e. The number of hydrogen-bond acceptors (Lipinski definition) is 6. The molecule has 0 radical (unpaired) electrons. The lowest BCUT2D eigenvalue weighted by molar-refractivity contribution is -0.112. The van der Waals surface area contributed by atoms with Gasteiger partial charge in [0.25, 0.3) is 5.91 Å². The van der Waals surface area contributed by atoms with E-state index in [2.05, 4.69) is 5.32 Å². The normalized spacial score (nSPS) is 11.5. The molecule has 7 nitrogen and oxygen atoms in total. The number of carbonyl (C=O) groups excluding carboxylic acids is 1. The van der Waals surface area contributed by atoms with Crippen molar-refractivity contribution in [2.24, 2.45) is 0 Å². The molecule has 0 aliphatic carbocycles. The Bertz CT molecular complexity index is 1440. The maximum absolute atomic E-state index is 12.7. The first-order chi connectivity index (χ1) is 16.7. The number of nitrogens with zero attached hydrogens (tertiary/aromatic N) is 1. The van der Waals surface area contributed by atoms with Gasteiger partial charge in [0, 0.05) is 0 Å². The van der Waals surface area contributed by atoms with E-state index in [-0.39, 0.29) is 44.3 Å². The Kier molecular flexibility index (Phi) is 9.02.